The highest BCUT2D eigenvalue weighted by Crippen LogP contribution is 2.26. The zero-order valence-corrected chi connectivity index (χ0v) is 12.8. The van der Waals surface area contributed by atoms with E-state index in [2.05, 4.69) is 0 Å². The predicted octanol–water partition coefficient (Wildman–Crippen LogP) is 1.19. The Morgan fingerprint density at radius 3 is 2.55 bits per heavy atom. The van der Waals surface area contributed by atoms with Crippen molar-refractivity contribution in [2.45, 2.75) is 19.8 Å². The van der Waals surface area contributed by atoms with Gasteiger partial charge in [-0.1, -0.05) is 19.1 Å². The molecule has 1 fully saturated rings. The molecule has 0 spiro atoms. The first-order valence-electron chi connectivity index (χ1n) is 7.53. The van der Waals surface area contributed by atoms with Gasteiger partial charge >= 0.3 is 0 Å². The van der Waals surface area contributed by atoms with Gasteiger partial charge in [0.2, 0.25) is 5.91 Å². The number of para-hydroxylation sites is 2. The van der Waals surface area contributed by atoms with Gasteiger partial charge in [0.15, 0.2) is 18.1 Å². The van der Waals surface area contributed by atoms with Crippen LogP contribution in [0.25, 0.3) is 0 Å². The van der Waals surface area contributed by atoms with Crippen LogP contribution in [-0.4, -0.2) is 43.0 Å². The molecular formula is C16H22N2O4. The quantitative estimate of drug-likeness (QED) is 0.820. The number of hydrogen-bond donors (Lipinski definition) is 1. The maximum Gasteiger partial charge on any atom is 0.260 e. The van der Waals surface area contributed by atoms with Crippen LogP contribution >= 0.6 is 0 Å². The summed E-state index contributed by atoms with van der Waals surface area (Å²) in [6.07, 6.45) is 1.52. The summed E-state index contributed by atoms with van der Waals surface area (Å²) in [6, 6.07) is 7.28. The number of rotatable bonds is 7. The number of nitrogens with two attached hydrogens (primary N) is 1. The third kappa shape index (κ3) is 4.13. The molecular weight excluding hydrogens is 284 g/mol. The van der Waals surface area contributed by atoms with Gasteiger partial charge in [-0.2, -0.15) is 0 Å². The van der Waals surface area contributed by atoms with E-state index < -0.39 is 0 Å². The number of nitrogens with zero attached hydrogens (tertiary/aromatic N) is 1. The molecule has 0 radical (unpaired) electrons. The number of benzene rings is 1. The lowest BCUT2D eigenvalue weighted by Crippen LogP contribution is -2.34. The van der Waals surface area contributed by atoms with E-state index in [1.54, 1.807) is 11.0 Å². The average Bonchev–Trinajstić information content (AvgIpc) is 3.01. The van der Waals surface area contributed by atoms with Gasteiger partial charge in [-0.25, -0.2) is 0 Å². The molecule has 1 aliphatic heterocycles. The Balaban J connectivity index is 1.88. The normalized spacial score (nSPS) is 17.3. The van der Waals surface area contributed by atoms with Crippen LogP contribution in [0, 0.1) is 5.92 Å². The van der Waals surface area contributed by atoms with E-state index in [0.717, 1.165) is 6.42 Å². The van der Waals surface area contributed by atoms with Crippen molar-refractivity contribution in [2.24, 2.45) is 11.7 Å². The largest absolute Gasteiger partial charge is 0.490 e. The Kier molecular flexibility index (Phi) is 5.63. The fourth-order valence-electron chi connectivity index (χ4n) is 2.35. The van der Waals surface area contributed by atoms with E-state index in [1.807, 2.05) is 25.1 Å². The number of hydrogen-bond acceptors (Lipinski definition) is 4. The zero-order valence-electron chi connectivity index (χ0n) is 12.8. The molecule has 120 valence electrons. The third-order valence-corrected chi connectivity index (χ3v) is 3.61. The van der Waals surface area contributed by atoms with Crippen LogP contribution in [0.5, 0.6) is 11.5 Å². The molecule has 1 saturated heterocycles. The van der Waals surface area contributed by atoms with Crippen LogP contribution in [0.2, 0.25) is 0 Å². The van der Waals surface area contributed by atoms with E-state index >= 15 is 0 Å². The molecule has 2 N–H and O–H groups in total. The van der Waals surface area contributed by atoms with Gasteiger partial charge in [0.25, 0.3) is 5.91 Å². The first kappa shape index (κ1) is 16.1. The summed E-state index contributed by atoms with van der Waals surface area (Å²) in [6.45, 7) is 3.48. The van der Waals surface area contributed by atoms with Gasteiger partial charge < -0.3 is 20.1 Å². The van der Waals surface area contributed by atoms with Gasteiger partial charge in [0.05, 0.1) is 12.5 Å². The summed E-state index contributed by atoms with van der Waals surface area (Å²) < 4.78 is 11.2. The first-order valence-corrected chi connectivity index (χ1v) is 7.53. The Morgan fingerprint density at radius 2 is 1.95 bits per heavy atom. The van der Waals surface area contributed by atoms with Crippen molar-refractivity contribution in [1.29, 1.82) is 0 Å². The van der Waals surface area contributed by atoms with E-state index in [9.17, 15) is 9.59 Å². The van der Waals surface area contributed by atoms with Crippen molar-refractivity contribution in [1.82, 2.24) is 4.90 Å². The maximum atomic E-state index is 12.1. The van der Waals surface area contributed by atoms with Gasteiger partial charge in [-0.3, -0.25) is 9.59 Å². The predicted molar refractivity (Wildman–Crippen MR) is 81.6 cm³/mol. The van der Waals surface area contributed by atoms with Crippen molar-refractivity contribution in [3.8, 4) is 11.5 Å². The van der Waals surface area contributed by atoms with E-state index in [-0.39, 0.29) is 24.3 Å². The van der Waals surface area contributed by atoms with Crippen LogP contribution in [0.15, 0.2) is 24.3 Å². The lowest BCUT2D eigenvalue weighted by atomic mass is 10.1. The standard InChI is InChI=1S/C16H22N2O4/c1-2-9-21-13-5-3-4-6-14(13)22-11-15(19)18-8-7-12(10-18)16(17)20/h3-6,12H,2,7-11H2,1H3,(H2,17,20). The van der Waals surface area contributed by atoms with Crippen LogP contribution < -0.4 is 15.2 Å². The molecule has 0 bridgehead atoms. The Bertz CT molecular complexity index is 533. The van der Waals surface area contributed by atoms with Crippen LogP contribution in [0.1, 0.15) is 19.8 Å². The summed E-state index contributed by atoms with van der Waals surface area (Å²) in [5.41, 5.74) is 5.27. The second-order valence-electron chi connectivity index (χ2n) is 5.31. The highest BCUT2D eigenvalue weighted by molar-refractivity contribution is 5.81. The topological polar surface area (TPSA) is 81.9 Å². The molecule has 0 saturated carbocycles. The number of likely N-dealkylation sites (tertiary alicyclic amines) is 1. The van der Waals surface area contributed by atoms with Crippen LogP contribution in [0.3, 0.4) is 0 Å². The molecule has 1 aromatic carbocycles. The molecule has 2 rings (SSSR count). The minimum Gasteiger partial charge on any atom is -0.490 e. The molecule has 1 aliphatic rings. The van der Waals surface area contributed by atoms with Crippen LogP contribution in [-0.2, 0) is 9.59 Å². The minimum absolute atomic E-state index is 0.0714. The molecule has 6 nitrogen and oxygen atoms in total. The van der Waals surface area contributed by atoms with Crippen molar-refractivity contribution in [2.75, 3.05) is 26.3 Å². The Morgan fingerprint density at radius 1 is 1.27 bits per heavy atom. The van der Waals surface area contributed by atoms with Gasteiger partial charge in [0, 0.05) is 13.1 Å². The van der Waals surface area contributed by atoms with Crippen molar-refractivity contribution in [3.63, 3.8) is 0 Å². The molecule has 0 aliphatic carbocycles. The summed E-state index contributed by atoms with van der Waals surface area (Å²) in [7, 11) is 0. The summed E-state index contributed by atoms with van der Waals surface area (Å²) in [5, 5.41) is 0. The van der Waals surface area contributed by atoms with Gasteiger partial charge in [-0.15, -0.1) is 0 Å². The molecule has 22 heavy (non-hydrogen) atoms. The molecule has 1 aromatic rings. The smallest absolute Gasteiger partial charge is 0.260 e. The summed E-state index contributed by atoms with van der Waals surface area (Å²) in [4.78, 5) is 24.9. The Labute approximate surface area is 130 Å². The van der Waals surface area contributed by atoms with Crippen molar-refractivity contribution in [3.05, 3.63) is 24.3 Å². The highest BCUT2D eigenvalue weighted by Gasteiger charge is 2.29. The molecule has 1 unspecified atom stereocenters. The molecule has 6 heteroatoms. The number of ether oxygens (including phenoxy) is 2. The molecule has 1 atom stereocenters. The molecule has 2 amide bonds. The summed E-state index contributed by atoms with van der Waals surface area (Å²) in [5.74, 6) is 0.441. The second-order valence-corrected chi connectivity index (χ2v) is 5.31. The third-order valence-electron chi connectivity index (χ3n) is 3.61. The fraction of sp³-hybridized carbons (Fsp3) is 0.500. The summed E-state index contributed by atoms with van der Waals surface area (Å²) >= 11 is 0. The highest BCUT2D eigenvalue weighted by atomic mass is 16.5. The maximum absolute atomic E-state index is 12.1. The minimum atomic E-state index is -0.352. The van der Waals surface area contributed by atoms with E-state index in [0.29, 0.717) is 37.6 Å². The van der Waals surface area contributed by atoms with Gasteiger partial charge in [-0.05, 0) is 25.0 Å². The Hall–Kier alpha value is -2.24. The van der Waals surface area contributed by atoms with E-state index in [4.69, 9.17) is 15.2 Å². The van der Waals surface area contributed by atoms with E-state index in [1.165, 1.54) is 0 Å². The molecule has 0 aromatic heterocycles. The fourth-order valence-corrected chi connectivity index (χ4v) is 2.35. The number of amides is 2. The number of primary amides is 1. The average molecular weight is 306 g/mol. The number of carbonyl (C=O) groups excluding carboxylic acids is 2. The second kappa shape index (κ2) is 7.68. The lowest BCUT2D eigenvalue weighted by Gasteiger charge is -2.17. The SMILES string of the molecule is CCCOc1ccccc1OCC(=O)N1CCC(C(N)=O)C1. The van der Waals surface area contributed by atoms with Crippen molar-refractivity contribution >= 4 is 11.8 Å². The zero-order chi connectivity index (χ0) is 15.9. The van der Waals surface area contributed by atoms with Crippen molar-refractivity contribution < 1.29 is 19.1 Å². The lowest BCUT2D eigenvalue weighted by molar-refractivity contribution is -0.132. The number of carbonyl (C=O) groups is 2. The first-order chi connectivity index (χ1) is 10.6. The van der Waals surface area contributed by atoms with Gasteiger partial charge in [0.1, 0.15) is 0 Å². The van der Waals surface area contributed by atoms with Crippen LogP contribution in [0.4, 0.5) is 0 Å². The molecule has 1 heterocycles. The monoisotopic (exact) mass is 306 g/mol.